The van der Waals surface area contributed by atoms with Crippen molar-refractivity contribution in [1.29, 1.82) is 0 Å². The van der Waals surface area contributed by atoms with Crippen LogP contribution in [0.15, 0.2) is 24.3 Å². The number of allylic oxidation sites excluding steroid dienone is 4. The molecule has 0 rings (SSSR count). The van der Waals surface area contributed by atoms with Gasteiger partial charge in [-0.2, -0.15) is 0 Å². The van der Waals surface area contributed by atoms with Gasteiger partial charge in [0.05, 0.1) is 19.8 Å². The summed E-state index contributed by atoms with van der Waals surface area (Å²) in [6, 6.07) is -1.47. The van der Waals surface area contributed by atoms with Crippen molar-refractivity contribution in [2.45, 2.75) is 174 Å². The second-order valence-corrected chi connectivity index (χ2v) is 14.2. The van der Waals surface area contributed by atoms with Crippen molar-refractivity contribution in [2.75, 3.05) is 26.4 Å². The lowest BCUT2D eigenvalue weighted by molar-refractivity contribution is -0.154. The Morgan fingerprint density at radius 1 is 0.667 bits per heavy atom. The molecular weight excluding hydrogens is 633 g/mol. The number of nitrogens with two attached hydrogens (primary N) is 1. The van der Waals surface area contributed by atoms with E-state index < -0.39 is 45.1 Å². The molecule has 0 aromatic heterocycles. The average molecular weight is 704 g/mol. The topological polar surface area (TPSA) is 155 Å². The van der Waals surface area contributed by atoms with Gasteiger partial charge >= 0.3 is 19.8 Å². The normalized spacial score (nSPS) is 14.4. The van der Waals surface area contributed by atoms with Crippen LogP contribution in [0.4, 0.5) is 0 Å². The maximum Gasteiger partial charge on any atom is 0.472 e. The molecule has 3 unspecified atom stereocenters. The number of carbonyl (C=O) groups is 2. The third-order valence-corrected chi connectivity index (χ3v) is 8.93. The molecule has 0 aliphatic rings. The van der Waals surface area contributed by atoms with E-state index in [1.54, 1.807) is 0 Å². The van der Waals surface area contributed by atoms with Crippen LogP contribution in [0.5, 0.6) is 0 Å². The van der Waals surface area contributed by atoms with Crippen LogP contribution < -0.4 is 5.73 Å². The smallest absolute Gasteiger partial charge is 0.472 e. The average Bonchev–Trinajstić information content (AvgIpc) is 3.06. The van der Waals surface area contributed by atoms with Crippen molar-refractivity contribution in [3.63, 3.8) is 0 Å². The van der Waals surface area contributed by atoms with Crippen LogP contribution in [0.2, 0.25) is 0 Å². The molecule has 11 heteroatoms. The Balaban J connectivity index is 4.21. The van der Waals surface area contributed by atoms with Gasteiger partial charge in [-0.3, -0.25) is 18.6 Å². The van der Waals surface area contributed by atoms with E-state index in [1.807, 2.05) is 0 Å². The van der Waals surface area contributed by atoms with Crippen LogP contribution in [0, 0.1) is 0 Å². The summed E-state index contributed by atoms with van der Waals surface area (Å²) in [6.07, 6.45) is 33.9. The molecule has 0 radical (unpaired) electrons. The van der Waals surface area contributed by atoms with Crippen LogP contribution in [0.1, 0.15) is 162 Å². The van der Waals surface area contributed by atoms with Crippen molar-refractivity contribution < 1.29 is 42.7 Å². The minimum Gasteiger partial charge on any atom is -0.480 e. The highest BCUT2D eigenvalue weighted by Crippen LogP contribution is 2.43. The highest BCUT2D eigenvalue weighted by molar-refractivity contribution is 7.47. The lowest BCUT2D eigenvalue weighted by Crippen LogP contribution is -2.34. The van der Waals surface area contributed by atoms with Gasteiger partial charge in [-0.1, -0.05) is 134 Å². The lowest BCUT2D eigenvalue weighted by Gasteiger charge is -2.20. The first kappa shape index (κ1) is 46.5. The van der Waals surface area contributed by atoms with Gasteiger partial charge in [0, 0.05) is 13.0 Å². The SMILES string of the molecule is CCCCC/C=C\C/C=C\CCCCCCCCCCOCC(COP(=O)(O)OCC(N)C(=O)O)OC(=O)CCCCCCCCCC. The summed E-state index contributed by atoms with van der Waals surface area (Å²) in [4.78, 5) is 33.2. The molecule has 0 heterocycles. The summed E-state index contributed by atoms with van der Waals surface area (Å²) in [7, 11) is -4.60. The number of carbonyl (C=O) groups excluding carboxylic acids is 1. The number of hydrogen-bond acceptors (Lipinski definition) is 8. The molecule has 0 aromatic rings. The van der Waals surface area contributed by atoms with Gasteiger partial charge in [0.1, 0.15) is 12.1 Å². The van der Waals surface area contributed by atoms with Crippen LogP contribution in [0.3, 0.4) is 0 Å². The molecule has 0 fully saturated rings. The molecule has 0 spiro atoms. The Kier molecular flexibility index (Phi) is 32.8. The summed E-state index contributed by atoms with van der Waals surface area (Å²) in [5.74, 6) is -1.78. The van der Waals surface area contributed by atoms with Gasteiger partial charge in [0.2, 0.25) is 0 Å². The first-order chi connectivity index (χ1) is 23.2. The monoisotopic (exact) mass is 703 g/mol. The van der Waals surface area contributed by atoms with E-state index in [0.717, 1.165) is 51.4 Å². The molecule has 0 bridgehead atoms. The maximum absolute atomic E-state index is 12.5. The molecule has 0 saturated carbocycles. The fourth-order valence-corrected chi connectivity index (χ4v) is 5.76. The molecule has 0 aromatic carbocycles. The molecule has 0 aliphatic carbocycles. The highest BCUT2D eigenvalue weighted by Gasteiger charge is 2.27. The van der Waals surface area contributed by atoms with E-state index in [2.05, 4.69) is 42.7 Å². The minimum absolute atomic E-state index is 0.0154. The van der Waals surface area contributed by atoms with Crippen LogP contribution >= 0.6 is 7.82 Å². The van der Waals surface area contributed by atoms with Gasteiger partial charge in [-0.25, -0.2) is 4.57 Å². The molecule has 48 heavy (non-hydrogen) atoms. The fourth-order valence-electron chi connectivity index (χ4n) is 4.99. The minimum atomic E-state index is -4.60. The lowest BCUT2D eigenvalue weighted by atomic mass is 10.1. The molecule has 0 saturated heterocycles. The Labute approximate surface area is 292 Å². The van der Waals surface area contributed by atoms with E-state index in [1.165, 1.54) is 83.5 Å². The number of esters is 1. The van der Waals surface area contributed by atoms with Crippen LogP contribution in [-0.4, -0.2) is 60.5 Å². The fraction of sp³-hybridized carbons (Fsp3) is 0.838. The second-order valence-electron chi connectivity index (χ2n) is 12.7. The quantitative estimate of drug-likeness (QED) is 0.0249. The van der Waals surface area contributed by atoms with Crippen molar-refractivity contribution in [2.24, 2.45) is 5.73 Å². The van der Waals surface area contributed by atoms with E-state index in [0.29, 0.717) is 13.0 Å². The number of ether oxygens (including phenoxy) is 2. The first-order valence-corrected chi connectivity index (χ1v) is 20.4. The Bertz CT molecular complexity index is 868. The number of carboxylic acids is 1. The summed E-state index contributed by atoms with van der Waals surface area (Å²) < 4.78 is 33.1. The number of phosphoric ester groups is 1. The molecule has 4 N–H and O–H groups in total. The zero-order valence-corrected chi connectivity index (χ0v) is 31.2. The molecule has 282 valence electrons. The third-order valence-electron chi connectivity index (χ3n) is 7.98. The van der Waals surface area contributed by atoms with E-state index in [9.17, 15) is 19.0 Å². The summed E-state index contributed by atoms with van der Waals surface area (Å²) in [6.45, 7) is 3.80. The molecular formula is C37H70NO9P. The Morgan fingerprint density at radius 2 is 1.15 bits per heavy atom. The summed E-state index contributed by atoms with van der Waals surface area (Å²) in [5.41, 5.74) is 5.32. The largest absolute Gasteiger partial charge is 0.480 e. The van der Waals surface area contributed by atoms with Crippen molar-refractivity contribution in [3.05, 3.63) is 24.3 Å². The highest BCUT2D eigenvalue weighted by atomic mass is 31.2. The molecule has 10 nitrogen and oxygen atoms in total. The van der Waals surface area contributed by atoms with Gasteiger partial charge < -0.3 is 25.2 Å². The van der Waals surface area contributed by atoms with Crippen LogP contribution in [-0.2, 0) is 32.7 Å². The van der Waals surface area contributed by atoms with Gasteiger partial charge in [-0.15, -0.1) is 0 Å². The molecule has 3 atom stereocenters. The van der Waals surface area contributed by atoms with E-state index >= 15 is 0 Å². The van der Waals surface area contributed by atoms with Crippen molar-refractivity contribution in [3.8, 4) is 0 Å². The number of aliphatic carboxylic acids is 1. The first-order valence-electron chi connectivity index (χ1n) is 18.9. The van der Waals surface area contributed by atoms with Gasteiger partial charge in [0.15, 0.2) is 0 Å². The number of unbranched alkanes of at least 4 members (excludes halogenated alkanes) is 18. The number of hydrogen-bond donors (Lipinski definition) is 3. The molecule has 0 amide bonds. The number of carboxylic acid groups (broad SMARTS) is 1. The number of phosphoric acid groups is 1. The molecule has 0 aliphatic heterocycles. The van der Waals surface area contributed by atoms with Gasteiger partial charge in [-0.05, 0) is 44.9 Å². The zero-order chi connectivity index (χ0) is 35.6. The van der Waals surface area contributed by atoms with Crippen LogP contribution in [0.25, 0.3) is 0 Å². The van der Waals surface area contributed by atoms with Crippen molar-refractivity contribution >= 4 is 19.8 Å². The second kappa shape index (κ2) is 33.9. The Morgan fingerprint density at radius 3 is 1.73 bits per heavy atom. The van der Waals surface area contributed by atoms with E-state index in [-0.39, 0.29) is 13.0 Å². The predicted molar refractivity (Wildman–Crippen MR) is 194 cm³/mol. The standard InChI is InChI=1S/C37H70NO9P/c1-3-5-7-9-11-13-14-15-16-17-18-19-20-21-22-24-26-28-30-44-31-34(32-45-48(42,43)46-33-35(38)37(40)41)47-36(39)29-27-25-23-12-10-8-6-4-2/h11,13,15-16,34-35H,3-10,12,14,17-33,38H2,1-2H3,(H,40,41)(H,42,43)/b13-11-,16-15-. The number of rotatable bonds is 36. The maximum atomic E-state index is 12.5. The van der Waals surface area contributed by atoms with Crippen molar-refractivity contribution in [1.82, 2.24) is 0 Å². The van der Waals surface area contributed by atoms with E-state index in [4.69, 9.17) is 24.8 Å². The summed E-state index contributed by atoms with van der Waals surface area (Å²) >= 11 is 0. The summed E-state index contributed by atoms with van der Waals surface area (Å²) in [5, 5.41) is 8.84. The zero-order valence-electron chi connectivity index (χ0n) is 30.3. The Hall–Kier alpha value is -1.55. The predicted octanol–water partition coefficient (Wildman–Crippen LogP) is 9.58. The van der Waals surface area contributed by atoms with Gasteiger partial charge in [0.25, 0.3) is 0 Å². The third kappa shape index (κ3) is 33.0.